The molecule has 0 aliphatic carbocycles. The summed E-state index contributed by atoms with van der Waals surface area (Å²) in [6, 6.07) is 20.7. The fourth-order valence-electron chi connectivity index (χ4n) is 3.23. The Bertz CT molecular complexity index is 1250. The summed E-state index contributed by atoms with van der Waals surface area (Å²) in [4.78, 5) is 37.7. The minimum absolute atomic E-state index is 0.270. The van der Waals surface area contributed by atoms with Gasteiger partial charge in [-0.05, 0) is 35.0 Å². The number of fused-ring (bicyclic) bond motifs is 3. The Labute approximate surface area is 154 Å². The molecule has 0 atom stereocenters. The second kappa shape index (κ2) is 6.53. The van der Waals surface area contributed by atoms with E-state index >= 15 is 0 Å². The number of hydrogen-bond donors (Lipinski definition) is 0. The molecule has 0 radical (unpaired) electrons. The monoisotopic (exact) mass is 357 g/mol. The number of benzene rings is 3. The summed E-state index contributed by atoms with van der Waals surface area (Å²) < 4.78 is 6.22. The van der Waals surface area contributed by atoms with E-state index in [9.17, 15) is 14.4 Å². The fraction of sp³-hybridized carbons (Fsp3) is 0.0455. The van der Waals surface area contributed by atoms with Crippen molar-refractivity contribution in [1.82, 2.24) is 4.57 Å². The predicted molar refractivity (Wildman–Crippen MR) is 105 cm³/mol. The van der Waals surface area contributed by atoms with Crippen molar-refractivity contribution < 1.29 is 9.53 Å². The van der Waals surface area contributed by atoms with Gasteiger partial charge in [0.25, 0.3) is 11.1 Å². The molecule has 0 saturated carbocycles. The summed E-state index contributed by atoms with van der Waals surface area (Å²) in [5, 5.41) is 2.30. The van der Waals surface area contributed by atoms with Crippen molar-refractivity contribution in [3.8, 4) is 11.4 Å². The molecule has 3 aromatic carbocycles. The Morgan fingerprint density at radius 2 is 1.26 bits per heavy atom. The van der Waals surface area contributed by atoms with Gasteiger partial charge in [0, 0.05) is 23.8 Å². The van der Waals surface area contributed by atoms with Gasteiger partial charge in [0.05, 0.1) is 5.69 Å². The van der Waals surface area contributed by atoms with E-state index in [1.807, 2.05) is 24.3 Å². The zero-order valence-corrected chi connectivity index (χ0v) is 14.5. The van der Waals surface area contributed by atoms with E-state index in [0.717, 1.165) is 4.57 Å². The van der Waals surface area contributed by atoms with Crippen LogP contribution in [0.2, 0.25) is 0 Å². The predicted octanol–water partition coefficient (Wildman–Crippen LogP) is 3.43. The van der Waals surface area contributed by atoms with E-state index < -0.39 is 17.1 Å². The third-order valence-electron chi connectivity index (χ3n) is 4.35. The average Bonchev–Trinajstić information content (AvgIpc) is 2.76. The minimum Gasteiger partial charge on any atom is -0.427 e. The maximum absolute atomic E-state index is 13.2. The second-order valence-electron chi connectivity index (χ2n) is 6.13. The Morgan fingerprint density at radius 3 is 1.78 bits per heavy atom. The maximum Gasteiger partial charge on any atom is 0.308 e. The van der Waals surface area contributed by atoms with Crippen molar-refractivity contribution >= 4 is 27.5 Å². The van der Waals surface area contributed by atoms with Crippen molar-refractivity contribution in [3.05, 3.63) is 93.5 Å². The van der Waals surface area contributed by atoms with E-state index in [-0.39, 0.29) is 5.75 Å². The molecule has 5 nitrogen and oxygen atoms in total. The molecular formula is C22H15NO4. The van der Waals surface area contributed by atoms with Crippen LogP contribution in [0.1, 0.15) is 6.92 Å². The van der Waals surface area contributed by atoms with E-state index in [0.29, 0.717) is 27.2 Å². The van der Waals surface area contributed by atoms with Gasteiger partial charge >= 0.3 is 5.97 Å². The van der Waals surface area contributed by atoms with Gasteiger partial charge in [-0.2, -0.15) is 0 Å². The van der Waals surface area contributed by atoms with Gasteiger partial charge in [0.2, 0.25) is 0 Å². The summed E-state index contributed by atoms with van der Waals surface area (Å²) >= 11 is 0. The van der Waals surface area contributed by atoms with Crippen LogP contribution >= 0.6 is 0 Å². The van der Waals surface area contributed by atoms with Crippen LogP contribution in [-0.4, -0.2) is 10.5 Å². The van der Waals surface area contributed by atoms with E-state index in [4.69, 9.17) is 4.74 Å². The molecule has 0 unspecified atom stereocenters. The lowest BCUT2D eigenvalue weighted by Gasteiger charge is -2.06. The van der Waals surface area contributed by atoms with E-state index in [1.54, 1.807) is 42.5 Å². The molecule has 1 heterocycles. The summed E-state index contributed by atoms with van der Waals surface area (Å²) in [5.41, 5.74) is -0.506. The quantitative estimate of drug-likeness (QED) is 0.407. The number of hydrogen-bond acceptors (Lipinski definition) is 4. The first-order chi connectivity index (χ1) is 13.1. The van der Waals surface area contributed by atoms with Crippen LogP contribution in [0.3, 0.4) is 0 Å². The first-order valence-electron chi connectivity index (χ1n) is 8.42. The van der Waals surface area contributed by atoms with Crippen molar-refractivity contribution in [3.63, 3.8) is 0 Å². The zero-order valence-electron chi connectivity index (χ0n) is 14.5. The Balaban J connectivity index is 2.18. The summed E-state index contributed by atoms with van der Waals surface area (Å²) in [6.07, 6.45) is 0. The van der Waals surface area contributed by atoms with Crippen LogP contribution in [0.5, 0.6) is 5.75 Å². The highest BCUT2D eigenvalue weighted by atomic mass is 16.5. The zero-order chi connectivity index (χ0) is 19.0. The lowest BCUT2D eigenvalue weighted by Crippen LogP contribution is -2.28. The lowest BCUT2D eigenvalue weighted by atomic mass is 10.1. The second-order valence-corrected chi connectivity index (χ2v) is 6.13. The van der Waals surface area contributed by atoms with E-state index in [1.165, 1.54) is 13.0 Å². The molecule has 4 aromatic rings. The normalized spacial score (nSPS) is 10.9. The number of aromatic nitrogens is 1. The minimum atomic E-state index is -0.476. The molecule has 0 aliphatic rings. The maximum atomic E-state index is 13.2. The van der Waals surface area contributed by atoms with Gasteiger partial charge in [-0.3, -0.25) is 14.4 Å². The number of rotatable bonds is 2. The van der Waals surface area contributed by atoms with Gasteiger partial charge in [-0.15, -0.1) is 0 Å². The Hall–Kier alpha value is -3.73. The fourth-order valence-corrected chi connectivity index (χ4v) is 3.23. The number of nitrogens with zero attached hydrogens (tertiary/aromatic N) is 1. The van der Waals surface area contributed by atoms with Gasteiger partial charge in [-0.1, -0.05) is 42.5 Å². The van der Waals surface area contributed by atoms with Crippen LogP contribution < -0.4 is 15.9 Å². The standard InChI is InChI=1S/C22H15NO4/c1-14(24)27-16-8-6-7-15(13-16)23-21(25)19-11-4-2-9-17(19)18-10-3-5-12-20(18)22(23)26/h2-13H,1H3. The summed E-state index contributed by atoms with van der Waals surface area (Å²) in [7, 11) is 0. The molecular weight excluding hydrogens is 342 g/mol. The van der Waals surface area contributed by atoms with Crippen molar-refractivity contribution in [2.45, 2.75) is 6.92 Å². The third kappa shape index (κ3) is 2.89. The molecule has 0 amide bonds. The molecule has 27 heavy (non-hydrogen) atoms. The molecule has 4 rings (SSSR count). The van der Waals surface area contributed by atoms with Crippen LogP contribution in [0.25, 0.3) is 27.2 Å². The summed E-state index contributed by atoms with van der Waals surface area (Å²) in [6.45, 7) is 1.29. The molecule has 0 N–H and O–H groups in total. The topological polar surface area (TPSA) is 65.4 Å². The van der Waals surface area contributed by atoms with Crippen molar-refractivity contribution in [2.24, 2.45) is 0 Å². The van der Waals surface area contributed by atoms with Gasteiger partial charge < -0.3 is 4.74 Å². The van der Waals surface area contributed by atoms with Crippen LogP contribution in [0, 0.1) is 0 Å². The highest BCUT2D eigenvalue weighted by Gasteiger charge is 2.12. The largest absolute Gasteiger partial charge is 0.427 e. The molecule has 132 valence electrons. The molecule has 0 spiro atoms. The highest BCUT2D eigenvalue weighted by Crippen LogP contribution is 2.21. The molecule has 0 bridgehead atoms. The third-order valence-corrected chi connectivity index (χ3v) is 4.35. The highest BCUT2D eigenvalue weighted by molar-refractivity contribution is 6.05. The molecule has 0 fully saturated rings. The van der Waals surface area contributed by atoms with Crippen molar-refractivity contribution in [2.75, 3.05) is 0 Å². The number of ether oxygens (including phenoxy) is 1. The van der Waals surface area contributed by atoms with Gasteiger partial charge in [0.1, 0.15) is 5.75 Å². The van der Waals surface area contributed by atoms with E-state index in [2.05, 4.69) is 0 Å². The first kappa shape index (κ1) is 16.7. The molecule has 1 aromatic heterocycles. The Morgan fingerprint density at radius 1 is 0.741 bits per heavy atom. The first-order valence-corrected chi connectivity index (χ1v) is 8.42. The molecule has 0 saturated heterocycles. The average molecular weight is 357 g/mol. The van der Waals surface area contributed by atoms with Gasteiger partial charge in [-0.25, -0.2) is 4.57 Å². The number of esters is 1. The number of carbonyl (C=O) groups excluding carboxylic acids is 1. The SMILES string of the molecule is CC(=O)Oc1cccc(-n2c(=O)c3ccccc3c3ccccc3c2=O)c1. The smallest absolute Gasteiger partial charge is 0.308 e. The lowest BCUT2D eigenvalue weighted by molar-refractivity contribution is -0.131. The van der Waals surface area contributed by atoms with Crippen LogP contribution in [-0.2, 0) is 4.79 Å². The molecule has 0 aliphatic heterocycles. The Kier molecular flexibility index (Phi) is 4.05. The molecule has 5 heteroatoms. The number of carbonyl (C=O) groups is 1. The summed E-state index contributed by atoms with van der Waals surface area (Å²) in [5.74, 6) is -0.206. The van der Waals surface area contributed by atoms with Gasteiger partial charge in [0.15, 0.2) is 0 Å². The van der Waals surface area contributed by atoms with Crippen LogP contribution in [0.4, 0.5) is 0 Å². The van der Waals surface area contributed by atoms with Crippen molar-refractivity contribution in [1.29, 1.82) is 0 Å². The van der Waals surface area contributed by atoms with Crippen LogP contribution in [0.15, 0.2) is 82.4 Å².